The molecule has 0 heterocycles. The van der Waals surface area contributed by atoms with E-state index in [1.54, 1.807) is 0 Å². The van der Waals surface area contributed by atoms with Crippen molar-refractivity contribution in [2.75, 3.05) is 13.2 Å². The van der Waals surface area contributed by atoms with Crippen LogP contribution in [0.5, 0.6) is 0 Å². The molecule has 0 aromatic heterocycles. The molecule has 2 unspecified atom stereocenters. The van der Waals surface area contributed by atoms with Crippen LogP contribution in [-0.2, 0) is 18.0 Å². The van der Waals surface area contributed by atoms with Gasteiger partial charge in [0.05, 0.1) is 13.2 Å². The quantitative estimate of drug-likeness (QED) is 0.582. The van der Waals surface area contributed by atoms with Crippen LogP contribution in [0.25, 0.3) is 0 Å². The van der Waals surface area contributed by atoms with E-state index in [-0.39, 0.29) is 13.2 Å². The molecule has 0 rings (SSSR count). The first-order valence-electron chi connectivity index (χ1n) is 2.35. The lowest BCUT2D eigenvalue weighted by atomic mass is 10.8. The zero-order valence-corrected chi connectivity index (χ0v) is 6.94. The van der Waals surface area contributed by atoms with Gasteiger partial charge in [-0.05, 0) is 0 Å². The number of hydrogen-bond donors (Lipinski definition) is 2. The van der Waals surface area contributed by atoms with Gasteiger partial charge in [0.2, 0.25) is 0 Å². The molecule has 0 aliphatic rings. The first-order valence-corrected chi connectivity index (χ1v) is 4.84. The highest BCUT2D eigenvalue weighted by Gasteiger charge is 2.01. The highest BCUT2D eigenvalue weighted by Crippen LogP contribution is 2.35. The maximum Gasteiger partial charge on any atom is 0.326 e. The monoisotopic (exact) mass is 190 g/mol. The fourth-order valence-electron chi connectivity index (χ4n) is 0.230. The summed E-state index contributed by atoms with van der Waals surface area (Å²) in [5.74, 6) is 0. The minimum atomic E-state index is -3.19. The summed E-state index contributed by atoms with van der Waals surface area (Å²) in [6, 6.07) is 0. The van der Waals surface area contributed by atoms with Crippen LogP contribution in [0, 0.1) is 0 Å². The number of aliphatic hydroxyl groups is 1. The Morgan fingerprint density at radius 1 is 1.40 bits per heavy atom. The van der Waals surface area contributed by atoms with Crippen LogP contribution in [0.2, 0.25) is 0 Å². The van der Waals surface area contributed by atoms with E-state index in [1.165, 1.54) is 0 Å². The van der Waals surface area contributed by atoms with E-state index in [1.807, 2.05) is 0 Å². The van der Waals surface area contributed by atoms with Crippen LogP contribution < -0.4 is 0 Å². The summed E-state index contributed by atoms with van der Waals surface area (Å²) in [6.45, 7) is -0.459. The lowest BCUT2D eigenvalue weighted by molar-refractivity contribution is 0.194. The molecule has 0 saturated carbocycles. The summed E-state index contributed by atoms with van der Waals surface area (Å²) in [5, 5.41) is 8.11. The molecule has 0 spiro atoms. The summed E-state index contributed by atoms with van der Waals surface area (Å²) in [4.78, 5) is 8.03. The standard InChI is InChI=1S/C2H8O6P2/c3-1-2-7-10(6)8-9(4)5/h3,9-10H,1-2H2,(H,4,5). The number of rotatable bonds is 5. The van der Waals surface area contributed by atoms with Gasteiger partial charge in [-0.1, -0.05) is 0 Å². The normalized spacial score (nSPS) is 16.6. The Hall–Kier alpha value is 0.300. The van der Waals surface area contributed by atoms with E-state index in [2.05, 4.69) is 8.83 Å². The molecule has 8 heteroatoms. The summed E-state index contributed by atoms with van der Waals surface area (Å²) >= 11 is 0. The molecule has 0 aliphatic carbocycles. The van der Waals surface area contributed by atoms with Gasteiger partial charge in [-0.15, -0.1) is 0 Å². The smallest absolute Gasteiger partial charge is 0.326 e. The molecule has 0 bridgehead atoms. The lowest BCUT2D eigenvalue weighted by Gasteiger charge is -1.98. The molecule has 6 nitrogen and oxygen atoms in total. The molecule has 0 saturated heterocycles. The Kier molecular flexibility index (Phi) is 6.22. The highest BCUT2D eigenvalue weighted by molar-refractivity contribution is 7.47. The van der Waals surface area contributed by atoms with E-state index in [9.17, 15) is 9.13 Å². The molecule has 62 valence electrons. The van der Waals surface area contributed by atoms with Crippen molar-refractivity contribution in [3.05, 3.63) is 0 Å². The third kappa shape index (κ3) is 6.42. The van der Waals surface area contributed by atoms with Crippen molar-refractivity contribution < 1.29 is 28.0 Å². The van der Waals surface area contributed by atoms with E-state index in [0.717, 1.165) is 0 Å². The maximum absolute atomic E-state index is 10.3. The van der Waals surface area contributed by atoms with Gasteiger partial charge in [-0.3, -0.25) is 9.13 Å². The average molecular weight is 190 g/mol. The lowest BCUT2D eigenvalue weighted by Crippen LogP contribution is -1.91. The van der Waals surface area contributed by atoms with Crippen molar-refractivity contribution in [1.82, 2.24) is 0 Å². The Morgan fingerprint density at radius 2 is 2.00 bits per heavy atom. The fraction of sp³-hybridized carbons (Fsp3) is 1.00. The minimum Gasteiger partial charge on any atom is -0.394 e. The molecule has 10 heavy (non-hydrogen) atoms. The minimum absolute atomic E-state index is 0.160. The van der Waals surface area contributed by atoms with Gasteiger partial charge < -0.3 is 14.5 Å². The average Bonchev–Trinajstić information content (AvgIpc) is 1.82. The molecule has 0 aromatic carbocycles. The van der Waals surface area contributed by atoms with Crippen molar-refractivity contribution in [3.63, 3.8) is 0 Å². The Labute approximate surface area is 58.7 Å². The zero-order valence-electron chi connectivity index (χ0n) is 4.94. The largest absolute Gasteiger partial charge is 0.394 e. The SMILES string of the molecule is O=[PH](O)O[PH](=O)OCCO. The third-order valence-electron chi connectivity index (χ3n) is 0.482. The second-order valence-corrected chi connectivity index (χ2v) is 3.33. The Bertz CT molecular complexity index is 134. The van der Waals surface area contributed by atoms with Crippen LogP contribution in [0.1, 0.15) is 0 Å². The summed E-state index contributed by atoms with van der Waals surface area (Å²) in [6.07, 6.45) is 0. The maximum atomic E-state index is 10.3. The van der Waals surface area contributed by atoms with Crippen molar-refractivity contribution in [3.8, 4) is 0 Å². The fourth-order valence-corrected chi connectivity index (χ4v) is 1.29. The van der Waals surface area contributed by atoms with Gasteiger partial charge in [0.1, 0.15) is 0 Å². The van der Waals surface area contributed by atoms with Gasteiger partial charge in [0, 0.05) is 0 Å². The molecule has 0 radical (unpaired) electrons. The van der Waals surface area contributed by atoms with Gasteiger partial charge in [0.15, 0.2) is 0 Å². The summed E-state index contributed by atoms with van der Waals surface area (Å²) < 4.78 is 28.2. The van der Waals surface area contributed by atoms with E-state index < -0.39 is 16.5 Å². The molecule has 0 amide bonds. The van der Waals surface area contributed by atoms with Gasteiger partial charge in [-0.25, -0.2) is 4.31 Å². The second kappa shape index (κ2) is 6.04. The molecule has 0 aromatic rings. The topological polar surface area (TPSA) is 93.1 Å². The van der Waals surface area contributed by atoms with E-state index in [4.69, 9.17) is 10.00 Å². The van der Waals surface area contributed by atoms with Crippen molar-refractivity contribution in [2.45, 2.75) is 0 Å². The van der Waals surface area contributed by atoms with Crippen molar-refractivity contribution in [1.29, 1.82) is 0 Å². The first-order chi connectivity index (χ1) is 4.66. The molecule has 0 aliphatic heterocycles. The summed E-state index contributed by atoms with van der Waals surface area (Å²) in [7, 11) is -6.07. The van der Waals surface area contributed by atoms with Crippen LogP contribution in [0.4, 0.5) is 0 Å². The molecule has 0 fully saturated rings. The van der Waals surface area contributed by atoms with Crippen LogP contribution in [0.3, 0.4) is 0 Å². The van der Waals surface area contributed by atoms with Crippen LogP contribution in [-0.4, -0.2) is 23.2 Å². The van der Waals surface area contributed by atoms with Crippen molar-refractivity contribution >= 4 is 16.5 Å². The number of aliphatic hydroxyl groups excluding tert-OH is 1. The Morgan fingerprint density at radius 3 is 2.40 bits per heavy atom. The van der Waals surface area contributed by atoms with Gasteiger partial charge in [0.25, 0.3) is 0 Å². The summed E-state index contributed by atoms with van der Waals surface area (Å²) in [5.41, 5.74) is 0. The van der Waals surface area contributed by atoms with E-state index in [0.29, 0.717) is 0 Å². The first kappa shape index (κ1) is 10.3. The zero-order chi connectivity index (χ0) is 7.98. The highest BCUT2D eigenvalue weighted by atomic mass is 31.2. The van der Waals surface area contributed by atoms with Gasteiger partial charge >= 0.3 is 16.5 Å². The molecular formula is C2H8O6P2. The third-order valence-corrected chi connectivity index (χ3v) is 2.29. The predicted octanol–water partition coefficient (Wildman–Crippen LogP) is -0.216. The molecule has 2 atom stereocenters. The van der Waals surface area contributed by atoms with Gasteiger partial charge in [-0.2, -0.15) is 0 Å². The van der Waals surface area contributed by atoms with Crippen LogP contribution in [0.15, 0.2) is 0 Å². The molecule has 2 N–H and O–H groups in total. The predicted molar refractivity (Wildman–Crippen MR) is 34.3 cm³/mol. The second-order valence-electron chi connectivity index (χ2n) is 1.19. The molecular weight excluding hydrogens is 182 g/mol. The Balaban J connectivity index is 3.35. The van der Waals surface area contributed by atoms with Crippen LogP contribution >= 0.6 is 16.5 Å². The van der Waals surface area contributed by atoms with Crippen molar-refractivity contribution in [2.24, 2.45) is 0 Å². The van der Waals surface area contributed by atoms with E-state index >= 15 is 0 Å². The number of hydrogen-bond acceptors (Lipinski definition) is 5.